The van der Waals surface area contributed by atoms with Gasteiger partial charge in [0.05, 0.1) is 6.54 Å². The van der Waals surface area contributed by atoms with Crippen LogP contribution < -0.4 is 5.32 Å². The average Bonchev–Trinajstić information content (AvgIpc) is 2.81. The molecule has 0 saturated heterocycles. The quantitative estimate of drug-likeness (QED) is 0.843. The topological polar surface area (TPSA) is 79.4 Å². The highest BCUT2D eigenvalue weighted by molar-refractivity contribution is 5.32. The normalized spacial score (nSPS) is 9.88. The van der Waals surface area contributed by atoms with Crippen molar-refractivity contribution in [1.82, 2.24) is 19.7 Å². The molecular formula is C11H12N6. The summed E-state index contributed by atoms with van der Waals surface area (Å²) in [5, 5.41) is 15.9. The molecule has 2 aromatic heterocycles. The number of hydrogen-bond donors (Lipinski definition) is 1. The van der Waals surface area contributed by atoms with Crippen LogP contribution in [0.15, 0.2) is 24.5 Å². The molecule has 86 valence electrons. The number of aromatic nitrogens is 4. The Bertz CT molecular complexity index is 525. The summed E-state index contributed by atoms with van der Waals surface area (Å²) < 4.78 is 1.81. The van der Waals surface area contributed by atoms with Crippen LogP contribution in [0, 0.1) is 18.3 Å². The fourth-order valence-corrected chi connectivity index (χ4v) is 1.42. The minimum Gasteiger partial charge on any atom is -0.352 e. The van der Waals surface area contributed by atoms with E-state index in [2.05, 4.69) is 20.4 Å². The third-order valence-electron chi connectivity index (χ3n) is 2.15. The van der Waals surface area contributed by atoms with Crippen LogP contribution in [-0.2, 0) is 6.54 Å². The maximum Gasteiger partial charge on any atom is 0.224 e. The van der Waals surface area contributed by atoms with Gasteiger partial charge in [-0.05, 0) is 19.1 Å². The Morgan fingerprint density at radius 1 is 1.47 bits per heavy atom. The number of nitrogens with one attached hydrogen (secondary N) is 1. The first-order valence-electron chi connectivity index (χ1n) is 5.25. The van der Waals surface area contributed by atoms with Crippen molar-refractivity contribution in [1.29, 1.82) is 5.26 Å². The zero-order valence-corrected chi connectivity index (χ0v) is 9.46. The van der Waals surface area contributed by atoms with Crippen molar-refractivity contribution >= 4 is 5.95 Å². The second-order valence-corrected chi connectivity index (χ2v) is 3.53. The van der Waals surface area contributed by atoms with Crippen LogP contribution in [-0.4, -0.2) is 26.3 Å². The SMILES string of the molecule is Cc1cc(C#N)nc(NCCn2cccn2)n1. The minimum atomic E-state index is 0.374. The molecule has 0 fully saturated rings. The molecule has 0 unspecified atom stereocenters. The molecule has 2 heterocycles. The highest BCUT2D eigenvalue weighted by atomic mass is 15.3. The van der Waals surface area contributed by atoms with E-state index < -0.39 is 0 Å². The van der Waals surface area contributed by atoms with Crippen LogP contribution in [0.2, 0.25) is 0 Å². The van der Waals surface area contributed by atoms with Gasteiger partial charge in [0.25, 0.3) is 0 Å². The predicted molar refractivity (Wildman–Crippen MR) is 62.2 cm³/mol. The van der Waals surface area contributed by atoms with Crippen LogP contribution in [0.1, 0.15) is 11.4 Å². The van der Waals surface area contributed by atoms with Crippen molar-refractivity contribution in [3.8, 4) is 6.07 Å². The fraction of sp³-hybridized carbons (Fsp3) is 0.273. The van der Waals surface area contributed by atoms with Crippen molar-refractivity contribution in [2.24, 2.45) is 0 Å². The Labute approximate surface area is 98.9 Å². The molecule has 0 aromatic carbocycles. The molecule has 2 aromatic rings. The van der Waals surface area contributed by atoms with E-state index in [9.17, 15) is 0 Å². The summed E-state index contributed by atoms with van der Waals surface area (Å²) in [7, 11) is 0. The zero-order valence-electron chi connectivity index (χ0n) is 9.46. The molecule has 6 heteroatoms. The van der Waals surface area contributed by atoms with Gasteiger partial charge in [0, 0.05) is 24.6 Å². The third kappa shape index (κ3) is 3.01. The Kier molecular flexibility index (Phi) is 3.31. The maximum atomic E-state index is 8.78. The van der Waals surface area contributed by atoms with Gasteiger partial charge < -0.3 is 5.32 Å². The van der Waals surface area contributed by atoms with E-state index >= 15 is 0 Å². The lowest BCUT2D eigenvalue weighted by molar-refractivity contribution is 0.636. The van der Waals surface area contributed by atoms with E-state index in [1.165, 1.54) is 0 Å². The summed E-state index contributed by atoms with van der Waals surface area (Å²) >= 11 is 0. The van der Waals surface area contributed by atoms with Gasteiger partial charge in [0.2, 0.25) is 5.95 Å². The van der Waals surface area contributed by atoms with E-state index in [0.29, 0.717) is 18.2 Å². The first-order chi connectivity index (χ1) is 8.28. The van der Waals surface area contributed by atoms with Gasteiger partial charge >= 0.3 is 0 Å². The molecule has 0 aliphatic rings. The Hall–Kier alpha value is -2.42. The van der Waals surface area contributed by atoms with Gasteiger partial charge in [-0.2, -0.15) is 10.4 Å². The fourth-order valence-electron chi connectivity index (χ4n) is 1.42. The Morgan fingerprint density at radius 2 is 2.35 bits per heavy atom. The average molecular weight is 228 g/mol. The number of hydrogen-bond acceptors (Lipinski definition) is 5. The molecule has 2 rings (SSSR count). The van der Waals surface area contributed by atoms with Gasteiger partial charge in [0.15, 0.2) is 0 Å². The minimum absolute atomic E-state index is 0.374. The number of nitriles is 1. The molecular weight excluding hydrogens is 216 g/mol. The number of anilines is 1. The third-order valence-corrected chi connectivity index (χ3v) is 2.15. The summed E-state index contributed by atoms with van der Waals surface area (Å²) in [6.45, 7) is 3.23. The molecule has 0 atom stereocenters. The molecule has 0 radical (unpaired) electrons. The van der Waals surface area contributed by atoms with Crippen molar-refractivity contribution in [2.75, 3.05) is 11.9 Å². The van der Waals surface area contributed by atoms with Crippen LogP contribution in [0.3, 0.4) is 0 Å². The Morgan fingerprint density at radius 3 is 3.06 bits per heavy atom. The number of nitrogens with zero attached hydrogens (tertiary/aromatic N) is 5. The smallest absolute Gasteiger partial charge is 0.224 e. The number of rotatable bonds is 4. The molecule has 1 N–H and O–H groups in total. The standard InChI is InChI=1S/C11H12N6/c1-9-7-10(8-12)16-11(15-9)13-4-6-17-5-2-3-14-17/h2-3,5,7H,4,6H2,1H3,(H,13,15,16). The van der Waals surface area contributed by atoms with E-state index in [0.717, 1.165) is 12.2 Å². The summed E-state index contributed by atoms with van der Waals surface area (Å²) in [4.78, 5) is 8.26. The molecule has 0 bridgehead atoms. The maximum absolute atomic E-state index is 8.78. The van der Waals surface area contributed by atoms with Crippen molar-refractivity contribution in [3.05, 3.63) is 35.9 Å². The van der Waals surface area contributed by atoms with E-state index in [-0.39, 0.29) is 0 Å². The second kappa shape index (κ2) is 5.07. The van der Waals surface area contributed by atoms with Crippen molar-refractivity contribution in [3.63, 3.8) is 0 Å². The van der Waals surface area contributed by atoms with Crippen LogP contribution in [0.25, 0.3) is 0 Å². The molecule has 0 aliphatic heterocycles. The lowest BCUT2D eigenvalue weighted by Crippen LogP contribution is -2.13. The van der Waals surface area contributed by atoms with E-state index in [4.69, 9.17) is 5.26 Å². The highest BCUT2D eigenvalue weighted by Crippen LogP contribution is 2.03. The first-order valence-corrected chi connectivity index (χ1v) is 5.25. The molecule has 0 aliphatic carbocycles. The van der Waals surface area contributed by atoms with Gasteiger partial charge in [-0.3, -0.25) is 4.68 Å². The van der Waals surface area contributed by atoms with Gasteiger partial charge in [0.1, 0.15) is 11.8 Å². The summed E-state index contributed by atoms with van der Waals surface area (Å²) in [5.41, 5.74) is 1.15. The predicted octanol–water partition coefficient (Wildman–Crippen LogP) is 0.965. The first kappa shape index (κ1) is 11.1. The molecule has 6 nitrogen and oxygen atoms in total. The van der Waals surface area contributed by atoms with E-state index in [1.54, 1.807) is 12.3 Å². The lowest BCUT2D eigenvalue weighted by atomic mass is 10.3. The Balaban J connectivity index is 1.95. The second-order valence-electron chi connectivity index (χ2n) is 3.53. The highest BCUT2D eigenvalue weighted by Gasteiger charge is 2.00. The molecule has 0 spiro atoms. The summed E-state index contributed by atoms with van der Waals surface area (Å²) in [5.74, 6) is 0.480. The monoisotopic (exact) mass is 228 g/mol. The lowest BCUT2D eigenvalue weighted by Gasteiger charge is -2.05. The largest absolute Gasteiger partial charge is 0.352 e. The summed E-state index contributed by atoms with van der Waals surface area (Å²) in [6.07, 6.45) is 3.62. The van der Waals surface area contributed by atoms with Gasteiger partial charge in [-0.1, -0.05) is 0 Å². The van der Waals surface area contributed by atoms with Crippen LogP contribution in [0.5, 0.6) is 0 Å². The van der Waals surface area contributed by atoms with Crippen molar-refractivity contribution < 1.29 is 0 Å². The zero-order chi connectivity index (χ0) is 12.1. The van der Waals surface area contributed by atoms with Crippen LogP contribution in [0.4, 0.5) is 5.95 Å². The van der Waals surface area contributed by atoms with E-state index in [1.807, 2.05) is 29.9 Å². The molecule has 0 amide bonds. The van der Waals surface area contributed by atoms with Crippen LogP contribution >= 0.6 is 0 Å². The van der Waals surface area contributed by atoms with Crippen molar-refractivity contribution in [2.45, 2.75) is 13.5 Å². The molecule has 0 saturated carbocycles. The number of aryl methyl sites for hydroxylation is 1. The molecule has 17 heavy (non-hydrogen) atoms. The van der Waals surface area contributed by atoms with Gasteiger partial charge in [-0.15, -0.1) is 0 Å². The van der Waals surface area contributed by atoms with Gasteiger partial charge in [-0.25, -0.2) is 9.97 Å². The summed E-state index contributed by atoms with van der Waals surface area (Å²) in [6, 6.07) is 5.53.